The summed E-state index contributed by atoms with van der Waals surface area (Å²) < 4.78 is 2.07. The van der Waals surface area contributed by atoms with E-state index < -0.39 is 0 Å². The molecular formula is C34H46Cl2N6O. The van der Waals surface area contributed by atoms with Crippen molar-refractivity contribution < 1.29 is 4.79 Å². The van der Waals surface area contributed by atoms with Crippen molar-refractivity contribution in [2.24, 2.45) is 11.3 Å². The SMILES string of the molecule is Cl.O=C(N[C@@H](CCN1CCC(Cn2cncn2)(C2CCCCC2)CC1)Cc1ccc(Cl)cc1)[C@H]1Cc2ccccc2CN1. The molecule has 6 rings (SSSR count). The van der Waals surface area contributed by atoms with Crippen LogP contribution in [0.1, 0.15) is 68.1 Å². The molecule has 9 heteroatoms. The second-order valence-electron chi connectivity index (χ2n) is 12.9. The third kappa shape index (κ3) is 8.18. The molecule has 0 radical (unpaired) electrons. The molecule has 2 aliphatic heterocycles. The van der Waals surface area contributed by atoms with E-state index in [1.54, 1.807) is 6.33 Å². The van der Waals surface area contributed by atoms with Crippen molar-refractivity contribution in [2.75, 3.05) is 19.6 Å². The normalized spacial score (nSPS) is 21.4. The van der Waals surface area contributed by atoms with Crippen molar-refractivity contribution in [3.8, 4) is 0 Å². The Bertz CT molecular complexity index is 1290. The van der Waals surface area contributed by atoms with E-state index in [-0.39, 0.29) is 30.4 Å². The van der Waals surface area contributed by atoms with Gasteiger partial charge in [-0.3, -0.25) is 9.48 Å². The molecule has 43 heavy (non-hydrogen) atoms. The summed E-state index contributed by atoms with van der Waals surface area (Å²) in [6, 6.07) is 16.4. The average Bonchev–Trinajstić information content (AvgIpc) is 3.54. The van der Waals surface area contributed by atoms with E-state index in [0.29, 0.717) is 5.41 Å². The third-order valence-electron chi connectivity index (χ3n) is 10.2. The standard InChI is InChI=1S/C34H45ClN6O.ClH/c35-30-12-10-26(11-13-30)20-31(39-33(42)32-21-27-6-4-5-7-28(27)22-37-32)14-17-40-18-15-34(16-19-40,23-41-25-36-24-38-41)29-8-2-1-3-9-29;/h4-7,10-13,24-25,29,31-32,37H,1-3,8-9,14-23H2,(H,39,42);1H/t31-,32+;/m0./s1. The van der Waals surface area contributed by atoms with Gasteiger partial charge in [-0.2, -0.15) is 5.10 Å². The zero-order valence-corrected chi connectivity index (χ0v) is 26.7. The summed E-state index contributed by atoms with van der Waals surface area (Å²) in [6.45, 7) is 4.92. The van der Waals surface area contributed by atoms with Gasteiger partial charge in [0, 0.05) is 30.7 Å². The molecule has 1 aromatic heterocycles. The highest BCUT2D eigenvalue weighted by molar-refractivity contribution is 6.30. The number of rotatable bonds is 10. The van der Waals surface area contributed by atoms with Crippen molar-refractivity contribution in [3.05, 3.63) is 82.9 Å². The van der Waals surface area contributed by atoms with Crippen LogP contribution in [0.4, 0.5) is 0 Å². The van der Waals surface area contributed by atoms with Crippen molar-refractivity contribution in [1.29, 1.82) is 0 Å². The Morgan fingerprint density at radius 3 is 2.51 bits per heavy atom. The maximum absolute atomic E-state index is 13.5. The summed E-state index contributed by atoms with van der Waals surface area (Å²) in [5.74, 6) is 0.883. The molecule has 7 nitrogen and oxygen atoms in total. The summed E-state index contributed by atoms with van der Waals surface area (Å²) in [6.07, 6.45) is 15.2. The van der Waals surface area contributed by atoms with Crippen LogP contribution in [0.5, 0.6) is 0 Å². The fourth-order valence-corrected chi connectivity index (χ4v) is 7.81. The Kier molecular flexibility index (Phi) is 11.2. The maximum atomic E-state index is 13.5. The molecule has 2 aromatic carbocycles. The van der Waals surface area contributed by atoms with Crippen molar-refractivity contribution in [3.63, 3.8) is 0 Å². The minimum atomic E-state index is -0.199. The Labute approximate surface area is 267 Å². The lowest BCUT2D eigenvalue weighted by atomic mass is 9.63. The highest BCUT2D eigenvalue weighted by Gasteiger charge is 2.42. The fourth-order valence-electron chi connectivity index (χ4n) is 7.68. The van der Waals surface area contributed by atoms with Crippen LogP contribution in [-0.4, -0.2) is 57.3 Å². The molecule has 1 saturated carbocycles. The van der Waals surface area contributed by atoms with Crippen LogP contribution in [0.15, 0.2) is 61.2 Å². The molecule has 3 aromatic rings. The molecule has 1 amide bonds. The molecular weight excluding hydrogens is 579 g/mol. The number of carbonyl (C=O) groups excluding carboxylic acids is 1. The van der Waals surface area contributed by atoms with E-state index >= 15 is 0 Å². The summed E-state index contributed by atoms with van der Waals surface area (Å²) in [5.41, 5.74) is 4.07. The molecule has 232 valence electrons. The number of nitrogens with zero attached hydrogens (tertiary/aromatic N) is 4. The van der Waals surface area contributed by atoms with E-state index in [2.05, 4.69) is 66.7 Å². The molecule has 0 bridgehead atoms. The monoisotopic (exact) mass is 624 g/mol. The molecule has 2 fully saturated rings. The number of benzene rings is 2. The first-order valence-electron chi connectivity index (χ1n) is 16.0. The maximum Gasteiger partial charge on any atom is 0.237 e. The number of aromatic nitrogens is 3. The summed E-state index contributed by atoms with van der Waals surface area (Å²) in [7, 11) is 0. The largest absolute Gasteiger partial charge is 0.352 e. The van der Waals surface area contributed by atoms with Gasteiger partial charge in [0.05, 0.1) is 6.04 Å². The van der Waals surface area contributed by atoms with Gasteiger partial charge in [-0.1, -0.05) is 67.3 Å². The van der Waals surface area contributed by atoms with Gasteiger partial charge in [0.15, 0.2) is 0 Å². The molecule has 1 aliphatic carbocycles. The third-order valence-corrected chi connectivity index (χ3v) is 10.5. The predicted octanol–water partition coefficient (Wildman–Crippen LogP) is 5.85. The minimum Gasteiger partial charge on any atom is -0.352 e. The van der Waals surface area contributed by atoms with Gasteiger partial charge < -0.3 is 15.5 Å². The molecule has 0 unspecified atom stereocenters. The fraction of sp³-hybridized carbons (Fsp3) is 0.559. The Balaban J connectivity index is 0.00000368. The second-order valence-corrected chi connectivity index (χ2v) is 13.3. The van der Waals surface area contributed by atoms with Gasteiger partial charge in [-0.25, -0.2) is 4.98 Å². The van der Waals surface area contributed by atoms with Crippen LogP contribution in [-0.2, 0) is 30.7 Å². The topological polar surface area (TPSA) is 75.1 Å². The first-order chi connectivity index (χ1) is 20.6. The van der Waals surface area contributed by atoms with E-state index in [4.69, 9.17) is 11.6 Å². The predicted molar refractivity (Wildman–Crippen MR) is 174 cm³/mol. The summed E-state index contributed by atoms with van der Waals surface area (Å²) >= 11 is 6.17. The van der Waals surface area contributed by atoms with Crippen LogP contribution >= 0.6 is 24.0 Å². The van der Waals surface area contributed by atoms with Gasteiger partial charge in [0.25, 0.3) is 0 Å². The quantitative estimate of drug-likeness (QED) is 0.296. The Morgan fingerprint density at radius 2 is 1.79 bits per heavy atom. The van der Waals surface area contributed by atoms with E-state index in [1.807, 2.05) is 18.5 Å². The van der Waals surface area contributed by atoms with Crippen LogP contribution in [0.3, 0.4) is 0 Å². The van der Waals surface area contributed by atoms with Gasteiger partial charge in [0.2, 0.25) is 5.91 Å². The highest BCUT2D eigenvalue weighted by atomic mass is 35.5. The van der Waals surface area contributed by atoms with Crippen molar-refractivity contribution in [2.45, 2.75) is 89.4 Å². The zero-order chi connectivity index (χ0) is 28.8. The lowest BCUT2D eigenvalue weighted by Crippen LogP contribution is -2.52. The van der Waals surface area contributed by atoms with E-state index in [1.165, 1.54) is 61.6 Å². The molecule has 3 aliphatic rings. The number of likely N-dealkylation sites (tertiary alicyclic amines) is 1. The molecule has 0 spiro atoms. The Hall–Kier alpha value is -2.45. The van der Waals surface area contributed by atoms with Crippen LogP contribution < -0.4 is 10.6 Å². The van der Waals surface area contributed by atoms with Gasteiger partial charge in [-0.15, -0.1) is 12.4 Å². The number of amides is 1. The number of hydrogen-bond acceptors (Lipinski definition) is 5. The number of nitrogens with one attached hydrogen (secondary N) is 2. The molecule has 3 heterocycles. The van der Waals surface area contributed by atoms with Gasteiger partial charge >= 0.3 is 0 Å². The number of fused-ring (bicyclic) bond motifs is 1. The van der Waals surface area contributed by atoms with Crippen LogP contribution in [0, 0.1) is 11.3 Å². The number of halogens is 2. The lowest BCUT2D eigenvalue weighted by Gasteiger charge is -2.48. The van der Waals surface area contributed by atoms with Crippen molar-refractivity contribution in [1.82, 2.24) is 30.3 Å². The number of piperidine rings is 1. The van der Waals surface area contributed by atoms with Gasteiger partial charge in [-0.05, 0) is 98.2 Å². The molecule has 1 saturated heterocycles. The minimum absolute atomic E-state index is 0. The zero-order valence-electron chi connectivity index (χ0n) is 25.1. The second kappa shape index (κ2) is 15.0. The molecule has 2 N–H and O–H groups in total. The first-order valence-corrected chi connectivity index (χ1v) is 16.3. The number of hydrogen-bond donors (Lipinski definition) is 2. The highest BCUT2D eigenvalue weighted by Crippen LogP contribution is 2.47. The van der Waals surface area contributed by atoms with Crippen molar-refractivity contribution >= 4 is 29.9 Å². The van der Waals surface area contributed by atoms with Crippen LogP contribution in [0.2, 0.25) is 5.02 Å². The van der Waals surface area contributed by atoms with E-state index in [9.17, 15) is 4.79 Å². The average molecular weight is 626 g/mol. The van der Waals surface area contributed by atoms with Gasteiger partial charge in [0.1, 0.15) is 12.7 Å². The number of carbonyl (C=O) groups is 1. The van der Waals surface area contributed by atoms with Crippen LogP contribution in [0.25, 0.3) is 0 Å². The Morgan fingerprint density at radius 1 is 1.05 bits per heavy atom. The van der Waals surface area contributed by atoms with E-state index in [0.717, 1.165) is 62.9 Å². The lowest BCUT2D eigenvalue weighted by molar-refractivity contribution is -0.124. The smallest absolute Gasteiger partial charge is 0.237 e. The summed E-state index contributed by atoms with van der Waals surface area (Å²) in [4.78, 5) is 20.4. The first kappa shape index (κ1) is 32.0. The molecule has 2 atom stereocenters. The summed E-state index contributed by atoms with van der Waals surface area (Å²) in [5, 5.41) is 12.1.